The van der Waals surface area contributed by atoms with Gasteiger partial charge in [-0.25, -0.2) is 0 Å². The fourth-order valence-electron chi connectivity index (χ4n) is 1.78. The zero-order chi connectivity index (χ0) is 21.5. The molecule has 1 aliphatic rings. The Morgan fingerprint density at radius 3 is 1.70 bits per heavy atom. The Morgan fingerprint density at radius 2 is 1.26 bits per heavy atom. The van der Waals surface area contributed by atoms with Crippen LogP contribution >= 0.6 is 0 Å². The molecule has 0 fully saturated rings. The van der Waals surface area contributed by atoms with Crippen LogP contribution in [-0.2, 0) is 13.0 Å². The maximum atomic E-state index is 5.45. The van der Waals surface area contributed by atoms with Gasteiger partial charge in [-0.15, -0.1) is 0 Å². The predicted octanol–water partition coefficient (Wildman–Crippen LogP) is 5.78. The Morgan fingerprint density at radius 1 is 0.741 bits per heavy atom. The van der Waals surface area contributed by atoms with Crippen LogP contribution in [0.5, 0.6) is 11.5 Å². The maximum Gasteiger partial charge on any atom is 0.231 e. The Balaban J connectivity index is -0.000000319. The van der Waals surface area contributed by atoms with Crippen LogP contribution in [0.4, 0.5) is 0 Å². The van der Waals surface area contributed by atoms with Crippen LogP contribution in [0.3, 0.4) is 0 Å². The molecule has 156 valence electrons. The summed E-state index contributed by atoms with van der Waals surface area (Å²) < 4.78 is 10.3. The van der Waals surface area contributed by atoms with E-state index in [1.807, 2.05) is 65.8 Å². The van der Waals surface area contributed by atoms with Gasteiger partial charge in [0.1, 0.15) is 0 Å². The first-order valence-corrected chi connectivity index (χ1v) is 10.0. The van der Waals surface area contributed by atoms with Crippen molar-refractivity contribution in [3.05, 3.63) is 59.7 Å². The lowest BCUT2D eigenvalue weighted by Crippen LogP contribution is -1.95. The lowest BCUT2D eigenvalue weighted by atomic mass is 10.2. The number of nitrogens with two attached hydrogens (primary N) is 2. The van der Waals surface area contributed by atoms with E-state index >= 15 is 0 Å². The predicted molar refractivity (Wildman–Crippen MR) is 120 cm³/mol. The quantitative estimate of drug-likeness (QED) is 0.695. The minimum Gasteiger partial charge on any atom is -0.454 e. The number of hydrogen-bond donors (Lipinski definition) is 2. The van der Waals surface area contributed by atoms with E-state index in [-0.39, 0.29) is 0 Å². The molecule has 27 heavy (non-hydrogen) atoms. The van der Waals surface area contributed by atoms with Crippen molar-refractivity contribution >= 4 is 0 Å². The monoisotopic (exact) mass is 378 g/mol. The van der Waals surface area contributed by atoms with Gasteiger partial charge in [-0.3, -0.25) is 0 Å². The zero-order valence-electron chi connectivity index (χ0n) is 18.7. The molecule has 0 unspecified atom stereocenters. The van der Waals surface area contributed by atoms with Crippen LogP contribution in [0.2, 0.25) is 0 Å². The van der Waals surface area contributed by atoms with Crippen molar-refractivity contribution in [2.45, 2.75) is 61.4 Å². The first-order chi connectivity index (χ1) is 13.3. The van der Waals surface area contributed by atoms with Crippen molar-refractivity contribution in [1.82, 2.24) is 0 Å². The Hall–Kier alpha value is -2.04. The second kappa shape index (κ2) is 24.0. The SMILES string of the molecule is CC.CC.CC.CCc1ccccc1.CN.NCc1ccc2c(c1)OCO2. The summed E-state index contributed by atoms with van der Waals surface area (Å²) in [5, 5.41) is 0. The normalized spacial score (nSPS) is 9.11. The third kappa shape index (κ3) is 13.8. The minimum absolute atomic E-state index is 0.323. The molecule has 2 aromatic rings. The van der Waals surface area contributed by atoms with E-state index in [0.717, 1.165) is 23.5 Å². The van der Waals surface area contributed by atoms with E-state index in [9.17, 15) is 0 Å². The summed E-state index contributed by atoms with van der Waals surface area (Å²) in [6.07, 6.45) is 1.14. The molecule has 0 saturated carbocycles. The maximum absolute atomic E-state index is 5.45. The highest BCUT2D eigenvalue weighted by Crippen LogP contribution is 2.32. The fraction of sp³-hybridized carbons (Fsp3) is 0.478. The second-order valence-electron chi connectivity index (χ2n) is 4.23. The number of ether oxygens (including phenoxy) is 2. The van der Waals surface area contributed by atoms with Gasteiger partial charge >= 0.3 is 0 Å². The molecule has 0 radical (unpaired) electrons. The third-order valence-corrected chi connectivity index (χ3v) is 2.92. The Bertz CT molecular complexity index is 517. The molecule has 0 aliphatic carbocycles. The molecule has 3 rings (SSSR count). The summed E-state index contributed by atoms with van der Waals surface area (Å²) in [5.41, 5.74) is 12.4. The smallest absolute Gasteiger partial charge is 0.231 e. The summed E-state index contributed by atoms with van der Waals surface area (Å²) in [7, 11) is 1.50. The molecule has 1 heterocycles. The van der Waals surface area contributed by atoms with Gasteiger partial charge in [0, 0.05) is 6.54 Å². The molecular weight excluding hydrogens is 336 g/mol. The lowest BCUT2D eigenvalue weighted by molar-refractivity contribution is 0.174. The topological polar surface area (TPSA) is 70.5 Å². The van der Waals surface area contributed by atoms with E-state index in [1.54, 1.807) is 0 Å². The molecule has 4 nitrogen and oxygen atoms in total. The van der Waals surface area contributed by atoms with Crippen molar-refractivity contribution in [2.24, 2.45) is 11.5 Å². The van der Waals surface area contributed by atoms with Gasteiger partial charge in [0.05, 0.1) is 0 Å². The molecule has 0 aromatic heterocycles. The molecular formula is C23H42N2O2. The van der Waals surface area contributed by atoms with Gasteiger partial charge < -0.3 is 20.9 Å². The van der Waals surface area contributed by atoms with Crippen molar-refractivity contribution < 1.29 is 9.47 Å². The molecule has 4 N–H and O–H groups in total. The molecule has 0 saturated heterocycles. The standard InChI is InChI=1S/C8H9NO2.C8H10.3C2H6.CH5N/c9-4-6-1-2-7-8(3-6)11-5-10-7;1-2-8-6-4-3-5-7-8;4*1-2/h1-3H,4-5,9H2;3-7H,2H2,1H3;3*1-2H3;2H2,1H3. The van der Waals surface area contributed by atoms with Gasteiger partial charge in [0.2, 0.25) is 6.79 Å². The number of fused-ring (bicyclic) bond motifs is 1. The van der Waals surface area contributed by atoms with Crippen LogP contribution in [0.15, 0.2) is 48.5 Å². The highest BCUT2D eigenvalue weighted by atomic mass is 16.7. The molecule has 0 amide bonds. The van der Waals surface area contributed by atoms with E-state index in [2.05, 4.69) is 36.9 Å². The summed E-state index contributed by atoms with van der Waals surface area (Å²) >= 11 is 0. The van der Waals surface area contributed by atoms with Crippen molar-refractivity contribution in [3.63, 3.8) is 0 Å². The number of hydrogen-bond acceptors (Lipinski definition) is 4. The third-order valence-electron chi connectivity index (χ3n) is 2.92. The number of benzene rings is 2. The van der Waals surface area contributed by atoms with Crippen LogP contribution in [0.25, 0.3) is 0 Å². The molecule has 4 heteroatoms. The molecule has 0 bridgehead atoms. The van der Waals surface area contributed by atoms with E-state index < -0.39 is 0 Å². The lowest BCUT2D eigenvalue weighted by Gasteiger charge is -1.97. The highest BCUT2D eigenvalue weighted by molar-refractivity contribution is 5.44. The van der Waals surface area contributed by atoms with E-state index in [0.29, 0.717) is 13.3 Å². The van der Waals surface area contributed by atoms with Gasteiger partial charge in [0.25, 0.3) is 0 Å². The summed E-state index contributed by atoms with van der Waals surface area (Å²) in [6.45, 7) is 15.0. The summed E-state index contributed by atoms with van der Waals surface area (Å²) in [5.74, 6) is 1.61. The van der Waals surface area contributed by atoms with Crippen LogP contribution in [-0.4, -0.2) is 13.8 Å². The van der Waals surface area contributed by atoms with E-state index in [1.165, 1.54) is 12.6 Å². The Kier molecular flexibility index (Phi) is 26.4. The average Bonchev–Trinajstić information content (AvgIpc) is 3.28. The minimum atomic E-state index is 0.323. The van der Waals surface area contributed by atoms with Gasteiger partial charge in [-0.2, -0.15) is 0 Å². The first-order valence-electron chi connectivity index (χ1n) is 10.0. The van der Waals surface area contributed by atoms with Crippen LogP contribution < -0.4 is 20.9 Å². The molecule has 0 spiro atoms. The summed E-state index contributed by atoms with van der Waals surface area (Å²) in [6, 6.07) is 16.2. The summed E-state index contributed by atoms with van der Waals surface area (Å²) in [4.78, 5) is 0. The molecule has 0 atom stereocenters. The second-order valence-corrected chi connectivity index (χ2v) is 4.23. The van der Waals surface area contributed by atoms with Crippen LogP contribution in [0.1, 0.15) is 59.6 Å². The van der Waals surface area contributed by atoms with Crippen LogP contribution in [0, 0.1) is 0 Å². The van der Waals surface area contributed by atoms with Crippen molar-refractivity contribution in [3.8, 4) is 11.5 Å². The fourth-order valence-corrected chi connectivity index (χ4v) is 1.78. The molecule has 1 aliphatic heterocycles. The van der Waals surface area contributed by atoms with Gasteiger partial charge in [0.15, 0.2) is 11.5 Å². The van der Waals surface area contributed by atoms with Crippen molar-refractivity contribution in [1.29, 1.82) is 0 Å². The average molecular weight is 379 g/mol. The molecule has 2 aromatic carbocycles. The van der Waals surface area contributed by atoms with Gasteiger partial charge in [-0.05, 0) is 36.7 Å². The number of rotatable bonds is 2. The Labute approximate surface area is 167 Å². The van der Waals surface area contributed by atoms with Crippen molar-refractivity contribution in [2.75, 3.05) is 13.8 Å². The number of aryl methyl sites for hydroxylation is 1. The highest BCUT2D eigenvalue weighted by Gasteiger charge is 2.12. The zero-order valence-corrected chi connectivity index (χ0v) is 18.7. The largest absolute Gasteiger partial charge is 0.454 e. The van der Waals surface area contributed by atoms with E-state index in [4.69, 9.17) is 15.2 Å². The first kappa shape index (κ1) is 29.7. The van der Waals surface area contributed by atoms with Gasteiger partial charge in [-0.1, -0.05) is 84.9 Å².